The first-order valence-electron chi connectivity index (χ1n) is 6.59. The van der Waals surface area contributed by atoms with Gasteiger partial charge in [-0.2, -0.15) is 0 Å². The first-order chi connectivity index (χ1) is 9.13. The number of amides is 1. The molecule has 0 aliphatic heterocycles. The number of nitrogens with one attached hydrogen (secondary N) is 1. The van der Waals surface area contributed by atoms with Crippen LogP contribution in [0.1, 0.15) is 25.5 Å². The zero-order valence-electron chi connectivity index (χ0n) is 11.5. The van der Waals surface area contributed by atoms with Gasteiger partial charge in [0.1, 0.15) is 0 Å². The SMILES string of the molecule is CCNC(=O)CN(CC)C(CN)c1ccccc1Cl. The summed E-state index contributed by atoms with van der Waals surface area (Å²) in [5.74, 6) is 0.00912. The Kier molecular flexibility index (Phi) is 6.84. The molecule has 0 bridgehead atoms. The molecular formula is C14H22ClN3O. The number of nitrogens with two attached hydrogens (primary N) is 1. The summed E-state index contributed by atoms with van der Waals surface area (Å²) in [5, 5.41) is 3.49. The summed E-state index contributed by atoms with van der Waals surface area (Å²) in [5.41, 5.74) is 6.84. The zero-order chi connectivity index (χ0) is 14.3. The quantitative estimate of drug-likeness (QED) is 0.802. The molecule has 4 nitrogen and oxygen atoms in total. The maximum Gasteiger partial charge on any atom is 0.234 e. The molecule has 0 radical (unpaired) electrons. The normalized spacial score (nSPS) is 12.5. The lowest BCUT2D eigenvalue weighted by atomic mass is 10.1. The number of hydrogen-bond donors (Lipinski definition) is 2. The molecule has 0 spiro atoms. The van der Waals surface area contributed by atoms with Crippen molar-refractivity contribution in [2.45, 2.75) is 19.9 Å². The highest BCUT2D eigenvalue weighted by atomic mass is 35.5. The molecule has 0 aliphatic carbocycles. The van der Waals surface area contributed by atoms with Gasteiger partial charge in [0.2, 0.25) is 5.91 Å². The van der Waals surface area contributed by atoms with E-state index >= 15 is 0 Å². The van der Waals surface area contributed by atoms with Crippen molar-refractivity contribution >= 4 is 17.5 Å². The number of rotatable bonds is 7. The van der Waals surface area contributed by atoms with E-state index in [1.807, 2.05) is 43.0 Å². The monoisotopic (exact) mass is 283 g/mol. The Hall–Kier alpha value is -1.10. The predicted molar refractivity (Wildman–Crippen MR) is 79.2 cm³/mol. The van der Waals surface area contributed by atoms with Crippen LogP contribution in [0.4, 0.5) is 0 Å². The van der Waals surface area contributed by atoms with Crippen molar-refractivity contribution in [3.8, 4) is 0 Å². The molecular weight excluding hydrogens is 262 g/mol. The third kappa shape index (κ3) is 4.49. The van der Waals surface area contributed by atoms with Gasteiger partial charge < -0.3 is 11.1 Å². The van der Waals surface area contributed by atoms with Gasteiger partial charge in [-0.3, -0.25) is 9.69 Å². The van der Waals surface area contributed by atoms with Crippen molar-refractivity contribution in [1.29, 1.82) is 0 Å². The van der Waals surface area contributed by atoms with Gasteiger partial charge in [-0.05, 0) is 25.1 Å². The first kappa shape index (κ1) is 16.0. The van der Waals surface area contributed by atoms with Crippen molar-refractivity contribution in [3.63, 3.8) is 0 Å². The Morgan fingerprint density at radius 3 is 2.63 bits per heavy atom. The van der Waals surface area contributed by atoms with Crippen molar-refractivity contribution < 1.29 is 4.79 Å². The minimum atomic E-state index is -0.0405. The van der Waals surface area contributed by atoms with Crippen LogP contribution >= 0.6 is 11.6 Å². The molecule has 5 heteroatoms. The second-order valence-electron chi connectivity index (χ2n) is 4.29. The molecule has 1 amide bonds. The van der Waals surface area contributed by atoms with E-state index in [4.69, 9.17) is 17.3 Å². The van der Waals surface area contributed by atoms with Crippen molar-refractivity contribution in [2.24, 2.45) is 5.73 Å². The summed E-state index contributed by atoms with van der Waals surface area (Å²) >= 11 is 6.21. The number of nitrogens with zero attached hydrogens (tertiary/aromatic N) is 1. The number of carbonyl (C=O) groups excluding carboxylic acids is 1. The molecule has 106 valence electrons. The summed E-state index contributed by atoms with van der Waals surface area (Å²) in [6, 6.07) is 7.59. The van der Waals surface area contributed by atoms with Gasteiger partial charge in [0.15, 0.2) is 0 Å². The summed E-state index contributed by atoms with van der Waals surface area (Å²) in [4.78, 5) is 13.8. The number of benzene rings is 1. The van der Waals surface area contributed by atoms with Gasteiger partial charge in [0.05, 0.1) is 6.54 Å². The number of halogens is 1. The smallest absolute Gasteiger partial charge is 0.234 e. The highest BCUT2D eigenvalue weighted by molar-refractivity contribution is 6.31. The van der Waals surface area contributed by atoms with Crippen LogP contribution in [0.3, 0.4) is 0 Å². The third-order valence-electron chi connectivity index (χ3n) is 3.06. The van der Waals surface area contributed by atoms with E-state index in [0.29, 0.717) is 24.7 Å². The largest absolute Gasteiger partial charge is 0.355 e. The van der Waals surface area contributed by atoms with Crippen LogP contribution < -0.4 is 11.1 Å². The first-order valence-corrected chi connectivity index (χ1v) is 6.97. The van der Waals surface area contributed by atoms with E-state index in [1.54, 1.807) is 0 Å². The van der Waals surface area contributed by atoms with Crippen LogP contribution in [0.5, 0.6) is 0 Å². The minimum absolute atomic E-state index is 0.00912. The summed E-state index contributed by atoms with van der Waals surface area (Å²) in [7, 11) is 0. The fraction of sp³-hybridized carbons (Fsp3) is 0.500. The Morgan fingerprint density at radius 1 is 1.42 bits per heavy atom. The third-order valence-corrected chi connectivity index (χ3v) is 3.40. The van der Waals surface area contributed by atoms with Crippen molar-refractivity contribution in [2.75, 3.05) is 26.2 Å². The molecule has 1 aromatic rings. The average Bonchev–Trinajstić information content (AvgIpc) is 2.40. The highest BCUT2D eigenvalue weighted by Crippen LogP contribution is 2.26. The van der Waals surface area contributed by atoms with Crippen LogP contribution in [-0.4, -0.2) is 37.0 Å². The van der Waals surface area contributed by atoms with Gasteiger partial charge >= 0.3 is 0 Å². The number of likely N-dealkylation sites (N-methyl/N-ethyl adjacent to an activating group) is 2. The van der Waals surface area contributed by atoms with Crippen LogP contribution in [0, 0.1) is 0 Å². The Bertz CT molecular complexity index is 411. The second-order valence-corrected chi connectivity index (χ2v) is 4.70. The van der Waals surface area contributed by atoms with Gasteiger partial charge in [-0.25, -0.2) is 0 Å². The van der Waals surface area contributed by atoms with Gasteiger partial charge in [0.25, 0.3) is 0 Å². The molecule has 0 saturated carbocycles. The van der Waals surface area contributed by atoms with Gasteiger partial charge in [-0.1, -0.05) is 36.7 Å². The molecule has 0 fully saturated rings. The van der Waals surface area contributed by atoms with E-state index in [9.17, 15) is 4.79 Å². The van der Waals surface area contributed by atoms with Gasteiger partial charge in [0, 0.05) is 24.2 Å². The minimum Gasteiger partial charge on any atom is -0.355 e. The van der Waals surface area contributed by atoms with E-state index in [0.717, 1.165) is 12.1 Å². The molecule has 1 unspecified atom stereocenters. The Morgan fingerprint density at radius 2 is 2.11 bits per heavy atom. The maximum absolute atomic E-state index is 11.7. The van der Waals surface area contributed by atoms with E-state index in [2.05, 4.69) is 5.32 Å². The lowest BCUT2D eigenvalue weighted by Gasteiger charge is -2.30. The van der Waals surface area contributed by atoms with Crippen molar-refractivity contribution in [1.82, 2.24) is 10.2 Å². The molecule has 19 heavy (non-hydrogen) atoms. The van der Waals surface area contributed by atoms with Crippen LogP contribution in [0.15, 0.2) is 24.3 Å². The topological polar surface area (TPSA) is 58.4 Å². The van der Waals surface area contributed by atoms with Crippen LogP contribution in [0.25, 0.3) is 0 Å². The fourth-order valence-corrected chi connectivity index (χ4v) is 2.36. The molecule has 0 aliphatic rings. The van der Waals surface area contributed by atoms with Gasteiger partial charge in [-0.15, -0.1) is 0 Å². The fourth-order valence-electron chi connectivity index (χ4n) is 2.10. The Balaban J connectivity index is 2.87. The molecule has 0 saturated heterocycles. The summed E-state index contributed by atoms with van der Waals surface area (Å²) < 4.78 is 0. The number of hydrogen-bond acceptors (Lipinski definition) is 3. The van der Waals surface area contributed by atoms with E-state index in [1.165, 1.54) is 0 Å². The van der Waals surface area contributed by atoms with Crippen LogP contribution in [0.2, 0.25) is 5.02 Å². The summed E-state index contributed by atoms with van der Waals surface area (Å²) in [6.45, 7) is 6.05. The maximum atomic E-state index is 11.7. The molecule has 0 aromatic heterocycles. The molecule has 0 heterocycles. The molecule has 3 N–H and O–H groups in total. The van der Waals surface area contributed by atoms with E-state index < -0.39 is 0 Å². The lowest BCUT2D eigenvalue weighted by Crippen LogP contribution is -2.41. The van der Waals surface area contributed by atoms with E-state index in [-0.39, 0.29) is 11.9 Å². The van der Waals surface area contributed by atoms with Crippen LogP contribution in [-0.2, 0) is 4.79 Å². The highest BCUT2D eigenvalue weighted by Gasteiger charge is 2.21. The predicted octanol–water partition coefficient (Wildman–Crippen LogP) is 1.80. The number of carbonyl (C=O) groups is 1. The summed E-state index contributed by atoms with van der Waals surface area (Å²) in [6.07, 6.45) is 0. The Labute approximate surface area is 119 Å². The van der Waals surface area contributed by atoms with Crippen molar-refractivity contribution in [3.05, 3.63) is 34.9 Å². The average molecular weight is 284 g/mol. The zero-order valence-corrected chi connectivity index (χ0v) is 12.3. The molecule has 1 atom stereocenters. The molecule has 1 rings (SSSR count). The lowest BCUT2D eigenvalue weighted by molar-refractivity contribution is -0.122. The second kappa shape index (κ2) is 8.15. The molecule has 1 aromatic carbocycles. The standard InChI is InChI=1S/C14H22ClN3O/c1-3-17-14(19)10-18(4-2)13(9-16)11-7-5-6-8-12(11)15/h5-8,13H,3-4,9-10,16H2,1-2H3,(H,17,19).